The Labute approximate surface area is 114 Å². The minimum Gasteiger partial charge on any atom is -0.298 e. The first-order valence-corrected chi connectivity index (χ1v) is 5.57. The number of nitrogens with zero attached hydrogens (tertiary/aromatic N) is 2. The van der Waals surface area contributed by atoms with Crippen LogP contribution in [0, 0.1) is 12.8 Å². The summed E-state index contributed by atoms with van der Waals surface area (Å²) in [6.45, 7) is 1.42. The third kappa shape index (κ3) is 3.44. The zero-order valence-electron chi connectivity index (χ0n) is 10.2. The van der Waals surface area contributed by atoms with Crippen molar-refractivity contribution in [1.29, 1.82) is 0 Å². The van der Waals surface area contributed by atoms with Gasteiger partial charge in [0, 0.05) is 7.05 Å². The smallest absolute Gasteiger partial charge is 0.298 e. The monoisotopic (exact) mass is 322 g/mol. The van der Waals surface area contributed by atoms with Gasteiger partial charge in [-0.1, -0.05) is 11.6 Å². The molecule has 1 rings (SSSR count). The fraction of sp³-hybridized carbons (Fsp3) is 0.600. The minimum absolute atomic E-state index is 0.121. The molecule has 0 aliphatic rings. The van der Waals surface area contributed by atoms with Crippen molar-refractivity contribution in [1.82, 2.24) is 9.78 Å². The Balaban J connectivity index is 3.10. The quantitative estimate of drug-likeness (QED) is 0.801. The summed E-state index contributed by atoms with van der Waals surface area (Å²) < 4.78 is 75.3. The van der Waals surface area contributed by atoms with E-state index in [1.807, 2.05) is 0 Å². The lowest BCUT2D eigenvalue weighted by Gasteiger charge is -2.21. The van der Waals surface area contributed by atoms with Gasteiger partial charge in [-0.05, 0) is 6.92 Å². The van der Waals surface area contributed by atoms with Crippen molar-refractivity contribution < 1.29 is 31.1 Å². The molecule has 0 atom stereocenters. The first-order chi connectivity index (χ1) is 8.85. The van der Waals surface area contributed by atoms with Crippen LogP contribution in [0.4, 0.5) is 26.3 Å². The summed E-state index contributed by atoms with van der Waals surface area (Å²) in [4.78, 5) is 11.4. The lowest BCUT2D eigenvalue weighted by atomic mass is 9.99. The third-order valence-corrected chi connectivity index (χ3v) is 3.07. The van der Waals surface area contributed by atoms with E-state index in [4.69, 9.17) is 11.6 Å². The van der Waals surface area contributed by atoms with Gasteiger partial charge in [0.25, 0.3) is 0 Å². The maximum atomic E-state index is 12.4. The van der Waals surface area contributed by atoms with E-state index in [0.717, 1.165) is 4.68 Å². The third-order valence-electron chi connectivity index (χ3n) is 2.58. The molecule has 0 saturated carbocycles. The average molecular weight is 323 g/mol. The minimum atomic E-state index is -5.70. The van der Waals surface area contributed by atoms with Crippen LogP contribution in [0.3, 0.4) is 0 Å². The van der Waals surface area contributed by atoms with Crippen LogP contribution in [0.5, 0.6) is 0 Å². The summed E-state index contributed by atoms with van der Waals surface area (Å²) in [6.07, 6.45) is -12.5. The van der Waals surface area contributed by atoms with E-state index >= 15 is 0 Å². The van der Waals surface area contributed by atoms with E-state index in [1.165, 1.54) is 14.0 Å². The van der Waals surface area contributed by atoms with Gasteiger partial charge in [-0.2, -0.15) is 31.4 Å². The molecule has 0 saturated heterocycles. The second-order valence-corrected chi connectivity index (χ2v) is 4.51. The predicted octanol–water partition coefficient (Wildman–Crippen LogP) is 3.23. The molecule has 0 bridgehead atoms. The summed E-state index contributed by atoms with van der Waals surface area (Å²) in [5, 5.41) is 3.60. The van der Waals surface area contributed by atoms with Crippen LogP contribution < -0.4 is 0 Å². The van der Waals surface area contributed by atoms with E-state index in [0.29, 0.717) is 0 Å². The van der Waals surface area contributed by atoms with Gasteiger partial charge in [0.1, 0.15) is 0 Å². The van der Waals surface area contributed by atoms with Crippen molar-refractivity contribution in [3.63, 3.8) is 0 Å². The number of halogens is 7. The van der Waals surface area contributed by atoms with Gasteiger partial charge in [-0.15, -0.1) is 0 Å². The first kappa shape index (κ1) is 16.8. The van der Waals surface area contributed by atoms with Gasteiger partial charge in [-0.3, -0.25) is 9.48 Å². The number of aromatic nitrogens is 2. The molecule has 0 radical (unpaired) electrons. The molecule has 0 fully saturated rings. The number of rotatable bonds is 3. The van der Waals surface area contributed by atoms with E-state index in [9.17, 15) is 31.1 Å². The molecule has 0 amide bonds. The molecule has 0 unspecified atom stereocenters. The van der Waals surface area contributed by atoms with Crippen LogP contribution in [0.15, 0.2) is 0 Å². The zero-order chi connectivity index (χ0) is 15.9. The van der Waals surface area contributed by atoms with Crippen molar-refractivity contribution in [3.05, 3.63) is 16.4 Å². The molecule has 1 aromatic heterocycles. The van der Waals surface area contributed by atoms with E-state index in [-0.39, 0.29) is 16.4 Å². The van der Waals surface area contributed by atoms with Crippen LogP contribution in [-0.2, 0) is 18.3 Å². The molecule has 0 aliphatic carbocycles. The largest absolute Gasteiger partial charge is 0.407 e. The number of ketones is 1. The fourth-order valence-electron chi connectivity index (χ4n) is 1.69. The van der Waals surface area contributed by atoms with Gasteiger partial charge in [0.05, 0.1) is 22.8 Å². The highest BCUT2D eigenvalue weighted by Gasteiger charge is 2.60. The van der Waals surface area contributed by atoms with Crippen molar-refractivity contribution in [2.75, 3.05) is 0 Å². The van der Waals surface area contributed by atoms with Gasteiger partial charge < -0.3 is 0 Å². The number of carbonyl (C=O) groups is 1. The van der Waals surface area contributed by atoms with Gasteiger partial charge >= 0.3 is 12.4 Å². The fourth-order valence-corrected chi connectivity index (χ4v) is 1.92. The summed E-state index contributed by atoms with van der Waals surface area (Å²) in [5.74, 6) is -6.05. The SMILES string of the molecule is Cc1nn(C)c(CC(=O)C(C(F)(F)F)C(F)(F)F)c1Cl. The second kappa shape index (κ2) is 5.27. The Bertz CT molecular complexity index is 505. The van der Waals surface area contributed by atoms with Crippen LogP contribution in [0.1, 0.15) is 11.4 Å². The van der Waals surface area contributed by atoms with Crippen LogP contribution >= 0.6 is 11.6 Å². The maximum absolute atomic E-state index is 12.4. The van der Waals surface area contributed by atoms with Crippen LogP contribution in [0.2, 0.25) is 5.02 Å². The van der Waals surface area contributed by atoms with Crippen molar-refractivity contribution in [3.8, 4) is 0 Å². The Morgan fingerprint density at radius 3 is 2.00 bits per heavy atom. The molecule has 0 aromatic carbocycles. The van der Waals surface area contributed by atoms with E-state index in [1.54, 1.807) is 0 Å². The van der Waals surface area contributed by atoms with Gasteiger partial charge in [0.15, 0.2) is 5.78 Å². The average Bonchev–Trinajstić information content (AvgIpc) is 2.40. The number of hydrogen-bond donors (Lipinski definition) is 0. The highest BCUT2D eigenvalue weighted by molar-refractivity contribution is 6.32. The Kier molecular flexibility index (Phi) is 4.42. The number of carbonyl (C=O) groups excluding carboxylic acids is 1. The molecule has 1 aromatic rings. The number of Topliss-reactive ketones (excluding diaryl/α,β-unsaturated/α-hetero) is 1. The summed E-state index contributed by atoms with van der Waals surface area (Å²) in [6, 6.07) is 0. The van der Waals surface area contributed by atoms with E-state index in [2.05, 4.69) is 5.10 Å². The predicted molar refractivity (Wildman–Crippen MR) is 57.3 cm³/mol. The zero-order valence-corrected chi connectivity index (χ0v) is 11.0. The molecule has 10 heteroatoms. The van der Waals surface area contributed by atoms with Crippen molar-refractivity contribution in [2.45, 2.75) is 25.7 Å². The highest BCUT2D eigenvalue weighted by Crippen LogP contribution is 2.40. The molecular formula is C10H9ClF6N2O. The Morgan fingerprint density at radius 1 is 1.25 bits per heavy atom. The Morgan fingerprint density at radius 2 is 1.70 bits per heavy atom. The Hall–Kier alpha value is -1.25. The van der Waals surface area contributed by atoms with Crippen molar-refractivity contribution in [2.24, 2.45) is 13.0 Å². The molecule has 1 heterocycles. The van der Waals surface area contributed by atoms with E-state index < -0.39 is 30.5 Å². The molecule has 114 valence electrons. The maximum Gasteiger partial charge on any atom is 0.407 e. The first-order valence-electron chi connectivity index (χ1n) is 5.19. The molecule has 20 heavy (non-hydrogen) atoms. The normalized spacial score (nSPS) is 13.1. The molecule has 0 aliphatic heterocycles. The number of alkyl halides is 6. The van der Waals surface area contributed by atoms with Crippen LogP contribution in [-0.4, -0.2) is 27.9 Å². The number of aryl methyl sites for hydroxylation is 2. The van der Waals surface area contributed by atoms with Gasteiger partial charge in [-0.25, -0.2) is 0 Å². The summed E-state index contributed by atoms with van der Waals surface area (Å²) >= 11 is 5.69. The highest BCUT2D eigenvalue weighted by atomic mass is 35.5. The standard InChI is InChI=1S/C10H9ClF6N2O/c1-4-7(11)5(19(2)18-4)3-6(20)8(9(12,13)14)10(15,16)17/h8H,3H2,1-2H3. The lowest BCUT2D eigenvalue weighted by molar-refractivity contribution is -0.273. The van der Waals surface area contributed by atoms with Crippen molar-refractivity contribution >= 4 is 17.4 Å². The summed E-state index contributed by atoms with van der Waals surface area (Å²) in [5.41, 5.74) is 0.0280. The molecule has 3 nitrogen and oxygen atoms in total. The van der Waals surface area contributed by atoms with Crippen LogP contribution in [0.25, 0.3) is 0 Å². The lowest BCUT2D eigenvalue weighted by Crippen LogP contribution is -2.43. The molecule has 0 spiro atoms. The molecular weight excluding hydrogens is 314 g/mol. The topological polar surface area (TPSA) is 34.9 Å². The van der Waals surface area contributed by atoms with Gasteiger partial charge in [0.2, 0.25) is 5.92 Å². The second-order valence-electron chi connectivity index (χ2n) is 4.13. The number of hydrogen-bond acceptors (Lipinski definition) is 2. The molecule has 0 N–H and O–H groups in total. The summed E-state index contributed by atoms with van der Waals surface area (Å²) in [7, 11) is 1.28.